The van der Waals surface area contributed by atoms with E-state index in [9.17, 15) is 8.42 Å². The predicted octanol–water partition coefficient (Wildman–Crippen LogP) is 2.80. The lowest BCUT2D eigenvalue weighted by molar-refractivity contribution is 0.281. The van der Waals surface area contributed by atoms with Gasteiger partial charge in [-0.25, -0.2) is 13.1 Å². The molecule has 2 rings (SSSR count). The molecule has 0 aromatic heterocycles. The van der Waals surface area contributed by atoms with Gasteiger partial charge in [0.15, 0.2) is 0 Å². The number of rotatable bonds is 4. The highest BCUT2D eigenvalue weighted by Crippen LogP contribution is 2.27. The van der Waals surface area contributed by atoms with E-state index in [1.165, 1.54) is 12.5 Å². The van der Waals surface area contributed by atoms with Crippen LogP contribution in [0, 0.1) is 5.92 Å². The minimum Gasteiger partial charge on any atom is -0.392 e. The van der Waals surface area contributed by atoms with Gasteiger partial charge in [-0.15, -0.1) is 0 Å². The van der Waals surface area contributed by atoms with Gasteiger partial charge in [-0.1, -0.05) is 25.8 Å². The Morgan fingerprint density at radius 2 is 2.15 bits per heavy atom. The first kappa shape index (κ1) is 15.9. The summed E-state index contributed by atoms with van der Waals surface area (Å²) < 4.78 is 28.3. The van der Waals surface area contributed by atoms with Crippen LogP contribution in [0.1, 0.15) is 38.2 Å². The number of hydrogen-bond donors (Lipinski definition) is 2. The molecule has 0 saturated heterocycles. The van der Waals surface area contributed by atoms with Crippen LogP contribution in [-0.2, 0) is 16.6 Å². The second-order valence-corrected chi connectivity index (χ2v) is 8.05. The molecule has 1 aromatic rings. The zero-order valence-corrected chi connectivity index (χ0v) is 13.9. The van der Waals surface area contributed by atoms with Crippen LogP contribution in [0.2, 0.25) is 0 Å². The molecule has 2 atom stereocenters. The Balaban J connectivity index is 2.21. The minimum absolute atomic E-state index is 0.00781. The molecule has 1 aromatic carbocycles. The summed E-state index contributed by atoms with van der Waals surface area (Å²) in [6.45, 7) is 1.99. The van der Waals surface area contributed by atoms with Crippen LogP contribution in [-0.4, -0.2) is 19.6 Å². The zero-order chi connectivity index (χ0) is 14.8. The van der Waals surface area contributed by atoms with Crippen molar-refractivity contribution in [2.45, 2.75) is 50.2 Å². The molecular formula is C14H20BrNO3S. The van der Waals surface area contributed by atoms with Crippen LogP contribution in [0.3, 0.4) is 0 Å². The van der Waals surface area contributed by atoms with Gasteiger partial charge in [0.05, 0.1) is 11.5 Å². The first-order chi connectivity index (χ1) is 9.42. The molecule has 0 radical (unpaired) electrons. The molecular weight excluding hydrogens is 342 g/mol. The number of aliphatic hydroxyl groups excluding tert-OH is 1. The van der Waals surface area contributed by atoms with Crippen LogP contribution in [0.25, 0.3) is 0 Å². The fraction of sp³-hybridized carbons (Fsp3) is 0.571. The Bertz CT molecular complexity index is 574. The molecule has 0 spiro atoms. The number of sulfonamides is 1. The van der Waals surface area contributed by atoms with Gasteiger partial charge < -0.3 is 5.11 Å². The van der Waals surface area contributed by atoms with Gasteiger partial charge >= 0.3 is 0 Å². The lowest BCUT2D eigenvalue weighted by Crippen LogP contribution is -2.38. The van der Waals surface area contributed by atoms with Gasteiger partial charge in [0, 0.05) is 10.5 Å². The van der Waals surface area contributed by atoms with Crippen molar-refractivity contribution >= 4 is 26.0 Å². The van der Waals surface area contributed by atoms with Crippen molar-refractivity contribution < 1.29 is 13.5 Å². The van der Waals surface area contributed by atoms with Crippen LogP contribution in [0.5, 0.6) is 0 Å². The molecule has 0 amide bonds. The van der Waals surface area contributed by atoms with Crippen molar-refractivity contribution in [2.75, 3.05) is 0 Å². The highest BCUT2D eigenvalue weighted by atomic mass is 79.9. The fourth-order valence-corrected chi connectivity index (χ4v) is 4.97. The summed E-state index contributed by atoms with van der Waals surface area (Å²) in [6, 6.07) is 4.88. The number of benzene rings is 1. The van der Waals surface area contributed by atoms with Crippen LogP contribution < -0.4 is 4.72 Å². The summed E-state index contributed by atoms with van der Waals surface area (Å²) in [7, 11) is -3.55. The molecule has 0 aliphatic heterocycles. The van der Waals surface area contributed by atoms with E-state index in [0.717, 1.165) is 19.3 Å². The van der Waals surface area contributed by atoms with E-state index in [4.69, 9.17) is 5.11 Å². The van der Waals surface area contributed by atoms with Crippen molar-refractivity contribution in [1.29, 1.82) is 0 Å². The van der Waals surface area contributed by atoms with Crippen molar-refractivity contribution in [3.63, 3.8) is 0 Å². The monoisotopic (exact) mass is 361 g/mol. The largest absolute Gasteiger partial charge is 0.392 e. The molecule has 6 heteroatoms. The van der Waals surface area contributed by atoms with E-state index >= 15 is 0 Å². The highest BCUT2D eigenvalue weighted by Gasteiger charge is 2.26. The van der Waals surface area contributed by atoms with Crippen molar-refractivity contribution in [2.24, 2.45) is 5.92 Å². The van der Waals surface area contributed by atoms with Gasteiger partial charge in [-0.05, 0) is 52.4 Å². The normalized spacial score (nSPS) is 23.8. The predicted molar refractivity (Wildman–Crippen MR) is 81.8 cm³/mol. The number of nitrogens with one attached hydrogen (secondary N) is 1. The maximum absolute atomic E-state index is 12.5. The second kappa shape index (κ2) is 6.56. The Labute approximate surface area is 128 Å². The van der Waals surface area contributed by atoms with Crippen molar-refractivity contribution in [1.82, 2.24) is 4.72 Å². The maximum Gasteiger partial charge on any atom is 0.241 e. The molecule has 2 unspecified atom stereocenters. The molecule has 2 N–H and O–H groups in total. The number of halogens is 1. The van der Waals surface area contributed by atoms with Gasteiger partial charge in [0.25, 0.3) is 0 Å². The topological polar surface area (TPSA) is 66.4 Å². The lowest BCUT2D eigenvalue weighted by atomic mass is 9.88. The van der Waals surface area contributed by atoms with Gasteiger partial charge in [-0.3, -0.25) is 0 Å². The van der Waals surface area contributed by atoms with Crippen LogP contribution in [0.15, 0.2) is 27.6 Å². The Kier molecular flexibility index (Phi) is 5.23. The van der Waals surface area contributed by atoms with E-state index in [-0.39, 0.29) is 17.5 Å². The maximum atomic E-state index is 12.5. The molecule has 112 valence electrons. The Hall–Kier alpha value is -0.430. The standard InChI is InChI=1S/C14H20BrNO3S/c1-10-3-2-4-12(7-10)16-20(18,19)14-8-11(9-17)5-6-13(14)15/h5-6,8,10,12,16-17H,2-4,7,9H2,1H3. The van der Waals surface area contributed by atoms with Crippen LogP contribution in [0.4, 0.5) is 0 Å². The first-order valence-corrected chi connectivity index (χ1v) is 9.11. The van der Waals surface area contributed by atoms with E-state index in [2.05, 4.69) is 27.6 Å². The van der Waals surface area contributed by atoms with Gasteiger partial charge in [0.1, 0.15) is 0 Å². The zero-order valence-electron chi connectivity index (χ0n) is 11.5. The van der Waals surface area contributed by atoms with Crippen molar-refractivity contribution in [3.05, 3.63) is 28.2 Å². The minimum atomic E-state index is -3.55. The molecule has 1 aliphatic rings. The lowest BCUT2D eigenvalue weighted by Gasteiger charge is -2.27. The quantitative estimate of drug-likeness (QED) is 0.866. The van der Waals surface area contributed by atoms with Crippen LogP contribution >= 0.6 is 15.9 Å². The molecule has 0 bridgehead atoms. The molecule has 4 nitrogen and oxygen atoms in total. The average molecular weight is 362 g/mol. The van der Waals surface area contributed by atoms with E-state index < -0.39 is 10.0 Å². The Morgan fingerprint density at radius 3 is 2.80 bits per heavy atom. The summed E-state index contributed by atoms with van der Waals surface area (Å²) >= 11 is 3.27. The first-order valence-electron chi connectivity index (χ1n) is 6.84. The molecule has 0 heterocycles. The molecule has 20 heavy (non-hydrogen) atoms. The van der Waals surface area contributed by atoms with Crippen molar-refractivity contribution in [3.8, 4) is 0 Å². The average Bonchev–Trinajstić information content (AvgIpc) is 2.38. The summed E-state index contributed by atoms with van der Waals surface area (Å²) in [5.41, 5.74) is 0.589. The third-order valence-corrected chi connectivity index (χ3v) is 6.24. The summed E-state index contributed by atoms with van der Waals surface area (Å²) in [5, 5.41) is 9.14. The third kappa shape index (κ3) is 3.81. The van der Waals surface area contributed by atoms with Gasteiger partial charge in [-0.2, -0.15) is 0 Å². The second-order valence-electron chi connectivity index (χ2n) is 5.51. The van der Waals surface area contributed by atoms with Gasteiger partial charge in [0.2, 0.25) is 10.0 Å². The third-order valence-electron chi connectivity index (χ3n) is 3.73. The number of hydrogen-bond acceptors (Lipinski definition) is 3. The summed E-state index contributed by atoms with van der Waals surface area (Å²) in [6.07, 6.45) is 4.01. The van der Waals surface area contributed by atoms with E-state index in [1.54, 1.807) is 12.1 Å². The molecule has 1 fully saturated rings. The SMILES string of the molecule is CC1CCCC(NS(=O)(=O)c2cc(CO)ccc2Br)C1. The number of aliphatic hydroxyl groups is 1. The summed E-state index contributed by atoms with van der Waals surface area (Å²) in [4.78, 5) is 0.197. The molecule has 1 aliphatic carbocycles. The fourth-order valence-electron chi connectivity index (χ4n) is 2.68. The Morgan fingerprint density at radius 1 is 1.40 bits per heavy atom. The molecule has 1 saturated carbocycles. The van der Waals surface area contributed by atoms with E-state index in [1.807, 2.05) is 0 Å². The smallest absolute Gasteiger partial charge is 0.241 e. The summed E-state index contributed by atoms with van der Waals surface area (Å²) in [5.74, 6) is 0.559. The highest BCUT2D eigenvalue weighted by molar-refractivity contribution is 9.10. The van der Waals surface area contributed by atoms with E-state index in [0.29, 0.717) is 16.0 Å².